The van der Waals surface area contributed by atoms with Crippen molar-refractivity contribution in [3.05, 3.63) is 29.1 Å². The summed E-state index contributed by atoms with van der Waals surface area (Å²) in [7, 11) is -1.80. The summed E-state index contributed by atoms with van der Waals surface area (Å²) in [6.45, 7) is 4.60. The molecule has 0 saturated carbocycles. The molecule has 0 spiro atoms. The highest BCUT2D eigenvalue weighted by atomic mass is 32.2. The Morgan fingerprint density at radius 3 is 2.60 bits per heavy atom. The number of halogens is 1. The second kappa shape index (κ2) is 7.12. The van der Waals surface area contributed by atoms with Gasteiger partial charge in [0, 0.05) is 18.7 Å². The van der Waals surface area contributed by atoms with Crippen LogP contribution in [0, 0.1) is 12.7 Å². The number of nitrogens with zero attached hydrogens (tertiary/aromatic N) is 1. The van der Waals surface area contributed by atoms with Gasteiger partial charge in [0.15, 0.2) is 0 Å². The van der Waals surface area contributed by atoms with E-state index in [9.17, 15) is 12.8 Å². The molecular formula is C13H21FN2O3S. The lowest BCUT2D eigenvalue weighted by molar-refractivity contribution is 0.275. The van der Waals surface area contributed by atoms with E-state index >= 15 is 0 Å². The van der Waals surface area contributed by atoms with Crippen molar-refractivity contribution in [3.8, 4) is 0 Å². The molecule has 0 fully saturated rings. The molecule has 0 aliphatic rings. The molecule has 0 aliphatic heterocycles. The quantitative estimate of drug-likeness (QED) is 0.784. The maximum Gasteiger partial charge on any atom is 0.240 e. The van der Waals surface area contributed by atoms with E-state index in [0.717, 1.165) is 12.6 Å². The third-order valence-electron chi connectivity index (χ3n) is 3.11. The molecule has 7 heteroatoms. The molecule has 0 aliphatic carbocycles. The Morgan fingerprint density at radius 2 is 2.05 bits per heavy atom. The van der Waals surface area contributed by atoms with E-state index in [2.05, 4.69) is 4.72 Å². The summed E-state index contributed by atoms with van der Waals surface area (Å²) in [5.41, 5.74) is 0.179. The van der Waals surface area contributed by atoms with Gasteiger partial charge in [0.2, 0.25) is 10.0 Å². The summed E-state index contributed by atoms with van der Waals surface area (Å²) < 4.78 is 40.3. The van der Waals surface area contributed by atoms with Crippen LogP contribution in [0.15, 0.2) is 17.0 Å². The van der Waals surface area contributed by atoms with Gasteiger partial charge in [-0.3, -0.25) is 0 Å². The molecule has 20 heavy (non-hydrogen) atoms. The molecule has 2 N–H and O–H groups in total. The van der Waals surface area contributed by atoms with E-state index in [-0.39, 0.29) is 22.6 Å². The lowest BCUT2D eigenvalue weighted by atomic mass is 10.1. The monoisotopic (exact) mass is 304 g/mol. The van der Waals surface area contributed by atoms with Crippen LogP contribution in [0.1, 0.15) is 18.1 Å². The number of aliphatic hydroxyl groups is 1. The zero-order valence-electron chi connectivity index (χ0n) is 12.0. The Bertz CT molecular complexity index is 561. The standard InChI is InChI=1S/C13H21FN2O3S/c1-4-16(3)6-5-15-20(18,19)12-7-10(2)13(14)11(8-12)9-17/h7-8,15,17H,4-6,9H2,1-3H3. The first-order valence-electron chi connectivity index (χ1n) is 6.40. The van der Waals surface area contributed by atoms with Gasteiger partial charge in [-0.2, -0.15) is 0 Å². The molecule has 114 valence electrons. The van der Waals surface area contributed by atoms with Gasteiger partial charge in [-0.05, 0) is 38.2 Å². The lowest BCUT2D eigenvalue weighted by Crippen LogP contribution is -2.33. The van der Waals surface area contributed by atoms with Gasteiger partial charge < -0.3 is 10.0 Å². The summed E-state index contributed by atoms with van der Waals surface area (Å²) in [6, 6.07) is 2.43. The summed E-state index contributed by atoms with van der Waals surface area (Å²) in [6.07, 6.45) is 0. The maximum atomic E-state index is 13.6. The normalized spacial score (nSPS) is 12.1. The predicted molar refractivity (Wildman–Crippen MR) is 75.4 cm³/mol. The Labute approximate surface area is 119 Å². The third-order valence-corrected chi connectivity index (χ3v) is 4.55. The molecular weight excluding hydrogens is 283 g/mol. The second-order valence-electron chi connectivity index (χ2n) is 4.67. The van der Waals surface area contributed by atoms with Crippen molar-refractivity contribution in [2.24, 2.45) is 0 Å². The van der Waals surface area contributed by atoms with Gasteiger partial charge in [0.05, 0.1) is 11.5 Å². The highest BCUT2D eigenvalue weighted by molar-refractivity contribution is 7.89. The molecule has 0 bridgehead atoms. The SMILES string of the molecule is CCN(C)CCNS(=O)(=O)c1cc(C)c(F)c(CO)c1. The van der Waals surface area contributed by atoms with Crippen LogP contribution in [0.3, 0.4) is 0 Å². The van der Waals surface area contributed by atoms with Crippen molar-refractivity contribution < 1.29 is 17.9 Å². The van der Waals surface area contributed by atoms with Crippen LogP contribution < -0.4 is 4.72 Å². The summed E-state index contributed by atoms with van der Waals surface area (Å²) >= 11 is 0. The molecule has 0 atom stereocenters. The van der Waals surface area contributed by atoms with Crippen molar-refractivity contribution >= 4 is 10.0 Å². The Hall–Kier alpha value is -1.02. The minimum absolute atomic E-state index is 0.0175. The van der Waals surface area contributed by atoms with Crippen LogP contribution in [0.2, 0.25) is 0 Å². The average molecular weight is 304 g/mol. The van der Waals surface area contributed by atoms with Crippen LogP contribution in [0.5, 0.6) is 0 Å². The highest BCUT2D eigenvalue weighted by Gasteiger charge is 2.17. The number of hydrogen-bond acceptors (Lipinski definition) is 4. The van der Waals surface area contributed by atoms with Gasteiger partial charge in [0.1, 0.15) is 5.82 Å². The molecule has 0 aromatic heterocycles. The topological polar surface area (TPSA) is 69.6 Å². The van der Waals surface area contributed by atoms with Crippen molar-refractivity contribution in [2.45, 2.75) is 25.3 Å². The van der Waals surface area contributed by atoms with Crippen LogP contribution in [-0.2, 0) is 16.6 Å². The molecule has 1 rings (SSSR count). The second-order valence-corrected chi connectivity index (χ2v) is 6.43. The fourth-order valence-corrected chi connectivity index (χ4v) is 2.85. The molecule has 0 amide bonds. The molecule has 5 nitrogen and oxygen atoms in total. The molecule has 1 aromatic carbocycles. The van der Waals surface area contributed by atoms with Gasteiger partial charge in [0.25, 0.3) is 0 Å². The number of nitrogens with one attached hydrogen (secondary N) is 1. The van der Waals surface area contributed by atoms with E-state index < -0.39 is 22.4 Å². The first kappa shape index (κ1) is 17.0. The van der Waals surface area contributed by atoms with Crippen LogP contribution >= 0.6 is 0 Å². The van der Waals surface area contributed by atoms with Gasteiger partial charge in [-0.15, -0.1) is 0 Å². The van der Waals surface area contributed by atoms with Gasteiger partial charge in [-0.25, -0.2) is 17.5 Å². The highest BCUT2D eigenvalue weighted by Crippen LogP contribution is 2.19. The smallest absolute Gasteiger partial charge is 0.240 e. The number of likely N-dealkylation sites (N-methyl/N-ethyl adjacent to an activating group) is 1. The number of rotatable bonds is 7. The van der Waals surface area contributed by atoms with Crippen LogP contribution in [-0.4, -0.2) is 45.1 Å². The number of sulfonamides is 1. The Balaban J connectivity index is 2.90. The lowest BCUT2D eigenvalue weighted by Gasteiger charge is -2.15. The molecule has 1 aromatic rings. The van der Waals surface area contributed by atoms with Crippen molar-refractivity contribution in [2.75, 3.05) is 26.7 Å². The summed E-state index contributed by atoms with van der Waals surface area (Å²) in [5, 5.41) is 9.05. The minimum Gasteiger partial charge on any atom is -0.392 e. The van der Waals surface area contributed by atoms with Crippen molar-refractivity contribution in [1.29, 1.82) is 0 Å². The fourth-order valence-electron chi connectivity index (χ4n) is 1.69. The zero-order chi connectivity index (χ0) is 15.3. The molecule has 0 saturated heterocycles. The van der Waals surface area contributed by atoms with Crippen LogP contribution in [0.4, 0.5) is 4.39 Å². The third kappa shape index (κ3) is 4.24. The van der Waals surface area contributed by atoms with E-state index in [1.54, 1.807) is 0 Å². The van der Waals surface area contributed by atoms with E-state index in [1.807, 2.05) is 18.9 Å². The number of aryl methyl sites for hydroxylation is 1. The first-order valence-corrected chi connectivity index (χ1v) is 7.88. The molecule has 0 radical (unpaired) electrons. The summed E-state index contributed by atoms with van der Waals surface area (Å²) in [4.78, 5) is 1.94. The number of hydrogen-bond donors (Lipinski definition) is 2. The average Bonchev–Trinajstić information content (AvgIpc) is 2.41. The largest absolute Gasteiger partial charge is 0.392 e. The maximum absolute atomic E-state index is 13.6. The first-order chi connectivity index (χ1) is 9.31. The summed E-state index contributed by atoms with van der Waals surface area (Å²) in [5.74, 6) is -0.572. The van der Waals surface area contributed by atoms with Crippen molar-refractivity contribution in [3.63, 3.8) is 0 Å². The van der Waals surface area contributed by atoms with Crippen LogP contribution in [0.25, 0.3) is 0 Å². The van der Waals surface area contributed by atoms with E-state index in [4.69, 9.17) is 5.11 Å². The van der Waals surface area contributed by atoms with Gasteiger partial charge >= 0.3 is 0 Å². The minimum atomic E-state index is -3.69. The number of aliphatic hydroxyl groups excluding tert-OH is 1. The Kier molecular flexibility index (Phi) is 6.07. The molecule has 0 unspecified atom stereocenters. The molecule has 0 heterocycles. The van der Waals surface area contributed by atoms with E-state index in [1.165, 1.54) is 13.0 Å². The van der Waals surface area contributed by atoms with Crippen molar-refractivity contribution in [1.82, 2.24) is 9.62 Å². The van der Waals surface area contributed by atoms with E-state index in [0.29, 0.717) is 6.54 Å². The fraction of sp³-hybridized carbons (Fsp3) is 0.538. The zero-order valence-corrected chi connectivity index (χ0v) is 12.8. The predicted octanol–water partition coefficient (Wildman–Crippen LogP) is 0.856. The number of benzene rings is 1. The Morgan fingerprint density at radius 1 is 1.40 bits per heavy atom. The van der Waals surface area contributed by atoms with Gasteiger partial charge in [-0.1, -0.05) is 6.92 Å².